The number of aryl methyl sites for hydroxylation is 1. The Morgan fingerprint density at radius 1 is 1.15 bits per heavy atom. The second-order valence-electron chi connectivity index (χ2n) is 6.37. The van der Waals surface area contributed by atoms with E-state index in [-0.39, 0.29) is 0 Å². The van der Waals surface area contributed by atoms with Crippen LogP contribution in [0.5, 0.6) is 0 Å². The van der Waals surface area contributed by atoms with E-state index < -0.39 is 0 Å². The second kappa shape index (κ2) is 6.73. The standard InChI is InChI=1S/C18H30N2/c1-5-15-7-9-16(10-8-15)17(6-2)20-13-11-18(3,19-4)12-14-20/h7-10,17,19H,5-6,11-14H2,1-4H3. The van der Waals surface area contributed by atoms with E-state index in [0.29, 0.717) is 11.6 Å². The van der Waals surface area contributed by atoms with Gasteiger partial charge in [0.25, 0.3) is 0 Å². The van der Waals surface area contributed by atoms with Crippen LogP contribution >= 0.6 is 0 Å². The fraction of sp³-hybridized carbons (Fsp3) is 0.667. The number of benzene rings is 1. The molecule has 0 amide bonds. The first-order valence-electron chi connectivity index (χ1n) is 8.13. The lowest BCUT2D eigenvalue weighted by Gasteiger charge is -2.42. The summed E-state index contributed by atoms with van der Waals surface area (Å²) < 4.78 is 0. The Hall–Kier alpha value is -0.860. The van der Waals surface area contributed by atoms with Crippen molar-refractivity contribution < 1.29 is 0 Å². The summed E-state index contributed by atoms with van der Waals surface area (Å²) in [7, 11) is 2.09. The quantitative estimate of drug-likeness (QED) is 0.879. The van der Waals surface area contributed by atoms with E-state index in [1.165, 1.54) is 43.5 Å². The third kappa shape index (κ3) is 3.42. The lowest BCUT2D eigenvalue weighted by atomic mass is 9.88. The molecule has 1 aromatic carbocycles. The van der Waals surface area contributed by atoms with Gasteiger partial charge in [-0.15, -0.1) is 0 Å². The van der Waals surface area contributed by atoms with Crippen LogP contribution in [0.25, 0.3) is 0 Å². The fourth-order valence-electron chi connectivity index (χ4n) is 3.26. The summed E-state index contributed by atoms with van der Waals surface area (Å²) in [5.41, 5.74) is 3.25. The van der Waals surface area contributed by atoms with Crippen molar-refractivity contribution in [3.8, 4) is 0 Å². The minimum absolute atomic E-state index is 0.334. The summed E-state index contributed by atoms with van der Waals surface area (Å²) in [6, 6.07) is 9.83. The zero-order chi connectivity index (χ0) is 14.6. The summed E-state index contributed by atoms with van der Waals surface area (Å²) in [6.07, 6.45) is 4.81. The molecule has 0 aliphatic carbocycles. The summed E-state index contributed by atoms with van der Waals surface area (Å²) in [4.78, 5) is 2.67. The number of piperidine rings is 1. The highest BCUT2D eigenvalue weighted by atomic mass is 15.2. The van der Waals surface area contributed by atoms with Crippen LogP contribution in [0.1, 0.15) is 57.2 Å². The molecule has 1 unspecified atom stereocenters. The van der Waals surface area contributed by atoms with Crippen LogP contribution in [-0.2, 0) is 6.42 Å². The number of nitrogens with zero attached hydrogens (tertiary/aromatic N) is 1. The molecule has 0 spiro atoms. The lowest BCUT2D eigenvalue weighted by Crippen LogP contribution is -2.50. The molecular formula is C18H30N2. The topological polar surface area (TPSA) is 15.3 Å². The highest BCUT2D eigenvalue weighted by molar-refractivity contribution is 5.25. The first-order valence-corrected chi connectivity index (χ1v) is 8.13. The molecule has 2 nitrogen and oxygen atoms in total. The van der Waals surface area contributed by atoms with Crippen molar-refractivity contribution in [2.75, 3.05) is 20.1 Å². The van der Waals surface area contributed by atoms with Crippen LogP contribution in [0.2, 0.25) is 0 Å². The Labute approximate surface area is 124 Å². The van der Waals surface area contributed by atoms with E-state index in [4.69, 9.17) is 0 Å². The molecule has 2 heteroatoms. The SMILES string of the molecule is CCc1ccc(C(CC)N2CCC(C)(NC)CC2)cc1. The summed E-state index contributed by atoms with van der Waals surface area (Å²) in [6.45, 7) is 9.28. The minimum Gasteiger partial charge on any atom is -0.314 e. The van der Waals surface area contributed by atoms with Gasteiger partial charge in [-0.3, -0.25) is 4.90 Å². The van der Waals surface area contributed by atoms with Crippen molar-refractivity contribution in [2.24, 2.45) is 0 Å². The van der Waals surface area contributed by atoms with Crippen LogP contribution < -0.4 is 5.32 Å². The zero-order valence-electron chi connectivity index (χ0n) is 13.6. The number of hydrogen-bond donors (Lipinski definition) is 1. The van der Waals surface area contributed by atoms with E-state index in [1.54, 1.807) is 0 Å². The van der Waals surface area contributed by atoms with E-state index in [2.05, 4.69) is 62.3 Å². The molecule has 1 aliphatic rings. The van der Waals surface area contributed by atoms with Gasteiger partial charge in [0.15, 0.2) is 0 Å². The Morgan fingerprint density at radius 2 is 1.75 bits per heavy atom. The van der Waals surface area contributed by atoms with E-state index in [9.17, 15) is 0 Å². The van der Waals surface area contributed by atoms with Gasteiger partial charge in [-0.25, -0.2) is 0 Å². The van der Waals surface area contributed by atoms with Crippen molar-refractivity contribution in [3.63, 3.8) is 0 Å². The van der Waals surface area contributed by atoms with Crippen LogP contribution in [0.3, 0.4) is 0 Å². The van der Waals surface area contributed by atoms with Gasteiger partial charge >= 0.3 is 0 Å². The maximum Gasteiger partial charge on any atom is 0.0345 e. The normalized spacial score (nSPS) is 20.8. The number of rotatable bonds is 5. The number of nitrogens with one attached hydrogen (secondary N) is 1. The van der Waals surface area contributed by atoms with E-state index in [1.807, 2.05) is 0 Å². The van der Waals surface area contributed by atoms with Gasteiger partial charge in [-0.05, 0) is 50.8 Å². The second-order valence-corrected chi connectivity index (χ2v) is 6.37. The summed E-state index contributed by atoms with van der Waals surface area (Å²) in [5.74, 6) is 0. The Kier molecular flexibility index (Phi) is 5.22. The number of hydrogen-bond acceptors (Lipinski definition) is 2. The lowest BCUT2D eigenvalue weighted by molar-refractivity contribution is 0.107. The molecule has 1 saturated heterocycles. The van der Waals surface area contributed by atoms with Gasteiger partial charge in [0.05, 0.1) is 0 Å². The van der Waals surface area contributed by atoms with Crippen LogP contribution in [0, 0.1) is 0 Å². The zero-order valence-corrected chi connectivity index (χ0v) is 13.6. The van der Waals surface area contributed by atoms with Crippen LogP contribution in [0.4, 0.5) is 0 Å². The van der Waals surface area contributed by atoms with Crippen LogP contribution in [-0.4, -0.2) is 30.6 Å². The summed E-state index contributed by atoms with van der Waals surface area (Å²) >= 11 is 0. The van der Waals surface area contributed by atoms with E-state index >= 15 is 0 Å². The third-order valence-corrected chi connectivity index (χ3v) is 5.11. The Bertz CT molecular complexity index is 402. The maximum atomic E-state index is 3.49. The average Bonchev–Trinajstić information content (AvgIpc) is 2.51. The molecule has 112 valence electrons. The van der Waals surface area contributed by atoms with Gasteiger partial charge in [0.2, 0.25) is 0 Å². The first kappa shape index (κ1) is 15.5. The smallest absolute Gasteiger partial charge is 0.0345 e. The van der Waals surface area contributed by atoms with Crippen molar-refractivity contribution in [2.45, 2.75) is 58.0 Å². The maximum absolute atomic E-state index is 3.49. The number of likely N-dealkylation sites (tertiary alicyclic amines) is 1. The molecule has 0 saturated carbocycles. The molecule has 1 fully saturated rings. The fourth-order valence-corrected chi connectivity index (χ4v) is 3.26. The summed E-state index contributed by atoms with van der Waals surface area (Å²) in [5, 5.41) is 3.49. The average molecular weight is 274 g/mol. The predicted molar refractivity (Wildman–Crippen MR) is 87.1 cm³/mol. The van der Waals surface area contributed by atoms with Crippen LogP contribution in [0.15, 0.2) is 24.3 Å². The molecule has 1 aromatic rings. The molecule has 0 bridgehead atoms. The van der Waals surface area contributed by atoms with E-state index in [0.717, 1.165) is 6.42 Å². The molecule has 0 radical (unpaired) electrons. The molecule has 0 aromatic heterocycles. The monoisotopic (exact) mass is 274 g/mol. The Balaban J connectivity index is 2.05. The molecule has 1 N–H and O–H groups in total. The van der Waals surface area contributed by atoms with Crippen molar-refractivity contribution in [1.29, 1.82) is 0 Å². The van der Waals surface area contributed by atoms with Gasteiger partial charge < -0.3 is 5.32 Å². The highest BCUT2D eigenvalue weighted by Crippen LogP contribution is 2.30. The van der Waals surface area contributed by atoms with Crippen molar-refractivity contribution >= 4 is 0 Å². The van der Waals surface area contributed by atoms with Gasteiger partial charge in [0.1, 0.15) is 0 Å². The van der Waals surface area contributed by atoms with Crippen molar-refractivity contribution in [1.82, 2.24) is 10.2 Å². The molecule has 1 aliphatic heterocycles. The molecule has 1 atom stereocenters. The van der Waals surface area contributed by atoms with Crippen molar-refractivity contribution in [3.05, 3.63) is 35.4 Å². The predicted octanol–water partition coefficient (Wildman–Crippen LogP) is 3.77. The first-order chi connectivity index (χ1) is 9.61. The van der Waals surface area contributed by atoms with Gasteiger partial charge in [-0.2, -0.15) is 0 Å². The third-order valence-electron chi connectivity index (χ3n) is 5.11. The largest absolute Gasteiger partial charge is 0.314 e. The minimum atomic E-state index is 0.334. The Morgan fingerprint density at radius 3 is 2.20 bits per heavy atom. The highest BCUT2D eigenvalue weighted by Gasteiger charge is 2.31. The molecule has 2 rings (SSSR count). The molecule has 1 heterocycles. The van der Waals surface area contributed by atoms with Gasteiger partial charge in [-0.1, -0.05) is 38.1 Å². The molecule has 20 heavy (non-hydrogen) atoms. The van der Waals surface area contributed by atoms with Gasteiger partial charge in [0, 0.05) is 24.7 Å². The molecular weight excluding hydrogens is 244 g/mol.